The van der Waals surface area contributed by atoms with Gasteiger partial charge in [-0.25, -0.2) is 4.98 Å². The molecule has 0 spiro atoms. The maximum absolute atomic E-state index is 11.7. The van der Waals surface area contributed by atoms with Gasteiger partial charge in [0.15, 0.2) is 0 Å². The zero-order valence-electron chi connectivity index (χ0n) is 12.1. The summed E-state index contributed by atoms with van der Waals surface area (Å²) in [6, 6.07) is 10.0. The number of hydrogen-bond donors (Lipinski definition) is 3. The van der Waals surface area contributed by atoms with Gasteiger partial charge in [0.05, 0.1) is 11.1 Å². The SMILES string of the molecule is CC1NCCCC1Nc1cc(C(N)=O)c2ccccc2n1. The monoisotopic (exact) mass is 284 g/mol. The average molecular weight is 284 g/mol. The molecule has 1 fully saturated rings. The molecule has 110 valence electrons. The number of primary amides is 1. The molecule has 2 unspecified atom stereocenters. The van der Waals surface area contributed by atoms with Gasteiger partial charge in [0.2, 0.25) is 5.91 Å². The third kappa shape index (κ3) is 2.83. The number of nitrogens with zero attached hydrogens (tertiary/aromatic N) is 1. The molecule has 0 saturated carbocycles. The summed E-state index contributed by atoms with van der Waals surface area (Å²) in [6.07, 6.45) is 2.23. The Balaban J connectivity index is 1.97. The van der Waals surface area contributed by atoms with Crippen LogP contribution >= 0.6 is 0 Å². The highest BCUT2D eigenvalue weighted by Gasteiger charge is 2.21. The second kappa shape index (κ2) is 5.69. The lowest BCUT2D eigenvalue weighted by Gasteiger charge is -2.31. The van der Waals surface area contributed by atoms with Gasteiger partial charge in [-0.1, -0.05) is 18.2 Å². The van der Waals surface area contributed by atoms with Gasteiger partial charge in [0.1, 0.15) is 5.82 Å². The zero-order chi connectivity index (χ0) is 14.8. The van der Waals surface area contributed by atoms with Crippen LogP contribution < -0.4 is 16.4 Å². The maximum atomic E-state index is 11.7. The number of carbonyl (C=O) groups is 1. The summed E-state index contributed by atoms with van der Waals surface area (Å²) in [5, 5.41) is 7.68. The third-order valence-electron chi connectivity index (χ3n) is 4.08. The van der Waals surface area contributed by atoms with E-state index in [4.69, 9.17) is 5.73 Å². The summed E-state index contributed by atoms with van der Waals surface area (Å²) in [5.41, 5.74) is 6.80. The first-order valence-corrected chi connectivity index (χ1v) is 7.34. The van der Waals surface area contributed by atoms with E-state index in [2.05, 4.69) is 22.5 Å². The largest absolute Gasteiger partial charge is 0.366 e. The molecule has 0 bridgehead atoms. The lowest BCUT2D eigenvalue weighted by Crippen LogP contribution is -2.46. The smallest absolute Gasteiger partial charge is 0.249 e. The number of benzene rings is 1. The molecule has 1 aromatic heterocycles. The van der Waals surface area contributed by atoms with Gasteiger partial charge in [-0.05, 0) is 38.4 Å². The predicted octanol–water partition coefficient (Wildman–Crippen LogP) is 1.89. The second-order valence-electron chi connectivity index (χ2n) is 5.57. The van der Waals surface area contributed by atoms with Crippen molar-refractivity contribution < 1.29 is 4.79 Å². The number of aromatic nitrogens is 1. The molecular weight excluding hydrogens is 264 g/mol. The predicted molar refractivity (Wildman–Crippen MR) is 84.4 cm³/mol. The van der Waals surface area contributed by atoms with Crippen molar-refractivity contribution in [2.45, 2.75) is 31.8 Å². The molecule has 1 aromatic carbocycles. The number of nitrogens with one attached hydrogen (secondary N) is 2. The standard InChI is InChI=1S/C16H20N4O/c1-10-13(7-4-8-18-10)19-15-9-12(16(17)21)11-5-2-3-6-14(11)20-15/h2-3,5-6,9-10,13,18H,4,7-8H2,1H3,(H2,17,21)(H,19,20). The first-order valence-electron chi connectivity index (χ1n) is 7.34. The number of para-hydroxylation sites is 1. The van der Waals surface area contributed by atoms with Crippen molar-refractivity contribution in [3.05, 3.63) is 35.9 Å². The van der Waals surface area contributed by atoms with Crippen molar-refractivity contribution in [2.24, 2.45) is 5.73 Å². The fraction of sp³-hybridized carbons (Fsp3) is 0.375. The van der Waals surface area contributed by atoms with E-state index >= 15 is 0 Å². The first-order chi connectivity index (χ1) is 10.1. The van der Waals surface area contributed by atoms with Crippen LogP contribution in [-0.2, 0) is 0 Å². The zero-order valence-corrected chi connectivity index (χ0v) is 12.1. The molecule has 5 heteroatoms. The molecule has 4 N–H and O–H groups in total. The lowest BCUT2D eigenvalue weighted by molar-refractivity contribution is 0.100. The molecule has 3 rings (SSSR count). The highest BCUT2D eigenvalue weighted by atomic mass is 16.1. The summed E-state index contributed by atoms with van der Waals surface area (Å²) in [4.78, 5) is 16.3. The highest BCUT2D eigenvalue weighted by Crippen LogP contribution is 2.22. The van der Waals surface area contributed by atoms with Crippen LogP contribution in [0, 0.1) is 0 Å². The van der Waals surface area contributed by atoms with Crippen LogP contribution in [0.15, 0.2) is 30.3 Å². The number of pyridine rings is 1. The number of piperidine rings is 1. The number of amides is 1. The van der Waals surface area contributed by atoms with Crippen molar-refractivity contribution in [1.82, 2.24) is 10.3 Å². The minimum atomic E-state index is -0.425. The van der Waals surface area contributed by atoms with E-state index in [0.29, 0.717) is 23.5 Å². The topological polar surface area (TPSA) is 80.0 Å². The molecule has 21 heavy (non-hydrogen) atoms. The summed E-state index contributed by atoms with van der Waals surface area (Å²) in [7, 11) is 0. The number of hydrogen-bond acceptors (Lipinski definition) is 4. The average Bonchev–Trinajstić information content (AvgIpc) is 2.48. The number of carbonyl (C=O) groups excluding carboxylic acids is 1. The third-order valence-corrected chi connectivity index (χ3v) is 4.08. The number of fused-ring (bicyclic) bond motifs is 1. The highest BCUT2D eigenvalue weighted by molar-refractivity contribution is 6.06. The van der Waals surface area contributed by atoms with Crippen LogP contribution in [0.25, 0.3) is 10.9 Å². The first kappa shape index (κ1) is 13.8. The van der Waals surface area contributed by atoms with Gasteiger partial charge in [-0.15, -0.1) is 0 Å². The normalized spacial score (nSPS) is 22.1. The summed E-state index contributed by atoms with van der Waals surface area (Å²) in [5.74, 6) is 0.287. The minimum Gasteiger partial charge on any atom is -0.366 e. The fourth-order valence-electron chi connectivity index (χ4n) is 2.88. The molecule has 1 saturated heterocycles. The van der Waals surface area contributed by atoms with Gasteiger partial charge >= 0.3 is 0 Å². The van der Waals surface area contributed by atoms with Crippen LogP contribution in [0.4, 0.5) is 5.82 Å². The quantitative estimate of drug-likeness (QED) is 0.804. The van der Waals surface area contributed by atoms with E-state index in [-0.39, 0.29) is 0 Å². The Bertz CT molecular complexity index is 670. The van der Waals surface area contributed by atoms with E-state index in [0.717, 1.165) is 30.3 Å². The van der Waals surface area contributed by atoms with E-state index in [1.165, 1.54) is 0 Å². The van der Waals surface area contributed by atoms with Crippen LogP contribution in [0.2, 0.25) is 0 Å². The maximum Gasteiger partial charge on any atom is 0.249 e. The number of anilines is 1. The van der Waals surface area contributed by atoms with Crippen LogP contribution in [0.3, 0.4) is 0 Å². The van der Waals surface area contributed by atoms with Crippen molar-refractivity contribution in [2.75, 3.05) is 11.9 Å². The van der Waals surface area contributed by atoms with Gasteiger partial charge in [0, 0.05) is 17.5 Å². The molecule has 1 aliphatic heterocycles. The Morgan fingerprint density at radius 3 is 3.00 bits per heavy atom. The molecule has 0 radical (unpaired) electrons. The molecule has 5 nitrogen and oxygen atoms in total. The molecule has 2 heterocycles. The Hall–Kier alpha value is -2.14. The van der Waals surface area contributed by atoms with E-state index in [9.17, 15) is 4.79 Å². The van der Waals surface area contributed by atoms with E-state index < -0.39 is 5.91 Å². The summed E-state index contributed by atoms with van der Waals surface area (Å²) in [6.45, 7) is 3.21. The number of nitrogens with two attached hydrogens (primary N) is 1. The Kier molecular flexibility index (Phi) is 3.75. The van der Waals surface area contributed by atoms with Gasteiger partial charge in [-0.2, -0.15) is 0 Å². The van der Waals surface area contributed by atoms with Crippen molar-refractivity contribution in [3.8, 4) is 0 Å². The van der Waals surface area contributed by atoms with Gasteiger partial charge in [0.25, 0.3) is 0 Å². The Labute approximate surface area is 123 Å². The molecule has 2 atom stereocenters. The van der Waals surface area contributed by atoms with Gasteiger partial charge < -0.3 is 16.4 Å². The fourth-order valence-corrected chi connectivity index (χ4v) is 2.88. The van der Waals surface area contributed by atoms with Crippen molar-refractivity contribution in [1.29, 1.82) is 0 Å². The molecule has 2 aromatic rings. The van der Waals surface area contributed by atoms with Crippen molar-refractivity contribution in [3.63, 3.8) is 0 Å². The molecule has 1 amide bonds. The Morgan fingerprint density at radius 2 is 2.24 bits per heavy atom. The van der Waals surface area contributed by atoms with Crippen LogP contribution in [0.1, 0.15) is 30.1 Å². The Morgan fingerprint density at radius 1 is 1.43 bits per heavy atom. The summed E-state index contributed by atoms with van der Waals surface area (Å²) >= 11 is 0. The molecular formula is C16H20N4O. The van der Waals surface area contributed by atoms with Gasteiger partial charge in [-0.3, -0.25) is 4.79 Å². The number of rotatable bonds is 3. The summed E-state index contributed by atoms with van der Waals surface area (Å²) < 4.78 is 0. The van der Waals surface area contributed by atoms with Crippen LogP contribution in [-0.4, -0.2) is 29.5 Å². The second-order valence-corrected chi connectivity index (χ2v) is 5.57. The van der Waals surface area contributed by atoms with E-state index in [1.54, 1.807) is 6.07 Å². The lowest BCUT2D eigenvalue weighted by atomic mass is 9.99. The van der Waals surface area contributed by atoms with E-state index in [1.807, 2.05) is 24.3 Å². The molecule has 0 aliphatic carbocycles. The molecule has 1 aliphatic rings. The van der Waals surface area contributed by atoms with Crippen molar-refractivity contribution >= 4 is 22.6 Å². The minimum absolute atomic E-state index is 0.313. The van der Waals surface area contributed by atoms with Crippen LogP contribution in [0.5, 0.6) is 0 Å².